The van der Waals surface area contributed by atoms with E-state index in [-0.39, 0.29) is 23.1 Å². The summed E-state index contributed by atoms with van der Waals surface area (Å²) in [5.74, 6) is -0.145. The molecule has 0 fully saturated rings. The van der Waals surface area contributed by atoms with E-state index in [9.17, 15) is 13.6 Å². The van der Waals surface area contributed by atoms with Crippen molar-refractivity contribution in [1.82, 2.24) is 0 Å². The van der Waals surface area contributed by atoms with E-state index in [1.54, 1.807) is 12.1 Å². The Morgan fingerprint density at radius 1 is 1.18 bits per heavy atom. The maximum absolute atomic E-state index is 12.3. The van der Waals surface area contributed by atoms with Gasteiger partial charge in [0, 0.05) is 4.90 Å². The summed E-state index contributed by atoms with van der Waals surface area (Å²) in [5, 5.41) is 2.58. The number of amides is 1. The first-order valence-electron chi connectivity index (χ1n) is 6.58. The number of alkyl halides is 2. The average molecular weight is 323 g/mol. The van der Waals surface area contributed by atoms with Gasteiger partial charge >= 0.3 is 6.61 Å². The van der Waals surface area contributed by atoms with Crippen molar-refractivity contribution in [1.29, 1.82) is 0 Å². The molecule has 0 spiro atoms. The Kier molecular flexibility index (Phi) is 5.77. The van der Waals surface area contributed by atoms with Gasteiger partial charge in [0.15, 0.2) is 0 Å². The van der Waals surface area contributed by atoms with Gasteiger partial charge in [0.25, 0.3) is 0 Å². The minimum absolute atomic E-state index is 0.0498. The molecular formula is C16H15F2NO2S. The minimum atomic E-state index is -2.93. The molecule has 0 aliphatic heterocycles. The third kappa shape index (κ3) is 5.04. The molecule has 0 saturated heterocycles. The molecule has 22 heavy (non-hydrogen) atoms. The van der Waals surface area contributed by atoms with Crippen LogP contribution in [0.1, 0.15) is 5.56 Å². The molecule has 6 heteroatoms. The standard InChI is InChI=1S/C16H15F2NO2S/c1-11-6-8-12(9-7-11)22-10-15(20)19-13-4-2-3-5-14(13)21-16(17)18/h2-9,16H,10H2,1H3,(H,19,20). The third-order valence-electron chi connectivity index (χ3n) is 2.77. The van der Waals surface area contributed by atoms with Crippen LogP contribution in [0.3, 0.4) is 0 Å². The van der Waals surface area contributed by atoms with Crippen molar-refractivity contribution in [2.75, 3.05) is 11.1 Å². The number of para-hydroxylation sites is 2. The summed E-state index contributed by atoms with van der Waals surface area (Å²) in [6.45, 7) is -0.943. The van der Waals surface area contributed by atoms with E-state index >= 15 is 0 Å². The minimum Gasteiger partial charge on any atom is -0.433 e. The molecule has 0 aromatic heterocycles. The summed E-state index contributed by atoms with van der Waals surface area (Å²) < 4.78 is 29.0. The largest absolute Gasteiger partial charge is 0.433 e. The van der Waals surface area contributed by atoms with Gasteiger partial charge in [-0.25, -0.2) is 0 Å². The van der Waals surface area contributed by atoms with E-state index in [2.05, 4.69) is 10.1 Å². The summed E-state index contributed by atoms with van der Waals surface area (Å²) in [6.07, 6.45) is 0. The van der Waals surface area contributed by atoms with Gasteiger partial charge in [-0.15, -0.1) is 11.8 Å². The quantitative estimate of drug-likeness (QED) is 0.804. The van der Waals surface area contributed by atoms with Crippen LogP contribution in [-0.4, -0.2) is 18.3 Å². The zero-order valence-electron chi connectivity index (χ0n) is 11.9. The van der Waals surface area contributed by atoms with Gasteiger partial charge in [-0.3, -0.25) is 4.79 Å². The number of benzene rings is 2. The first kappa shape index (κ1) is 16.3. The number of aryl methyl sites for hydroxylation is 1. The molecule has 0 unspecified atom stereocenters. The summed E-state index contributed by atoms with van der Waals surface area (Å²) in [4.78, 5) is 12.9. The zero-order valence-corrected chi connectivity index (χ0v) is 12.7. The Bertz CT molecular complexity index is 632. The summed E-state index contributed by atoms with van der Waals surface area (Å²) >= 11 is 1.38. The second kappa shape index (κ2) is 7.79. The van der Waals surface area contributed by atoms with Crippen LogP contribution in [0.25, 0.3) is 0 Å². The number of anilines is 1. The number of rotatable bonds is 6. The lowest BCUT2D eigenvalue weighted by Gasteiger charge is -2.11. The van der Waals surface area contributed by atoms with Crippen molar-refractivity contribution in [2.24, 2.45) is 0 Å². The Labute approximate surface area is 131 Å². The highest BCUT2D eigenvalue weighted by Crippen LogP contribution is 2.26. The van der Waals surface area contributed by atoms with Crippen LogP contribution in [0.15, 0.2) is 53.4 Å². The van der Waals surface area contributed by atoms with Crippen molar-refractivity contribution in [3.05, 3.63) is 54.1 Å². The molecule has 2 aromatic rings. The SMILES string of the molecule is Cc1ccc(SCC(=O)Nc2ccccc2OC(F)F)cc1. The molecule has 0 aliphatic rings. The Morgan fingerprint density at radius 2 is 1.86 bits per heavy atom. The molecule has 2 aromatic carbocycles. The monoisotopic (exact) mass is 323 g/mol. The first-order chi connectivity index (χ1) is 10.5. The number of carbonyl (C=O) groups excluding carboxylic acids is 1. The van der Waals surface area contributed by atoms with Gasteiger partial charge in [0.05, 0.1) is 11.4 Å². The Balaban J connectivity index is 1.93. The molecule has 116 valence electrons. The van der Waals surface area contributed by atoms with E-state index in [1.165, 1.54) is 23.9 Å². The number of hydrogen-bond acceptors (Lipinski definition) is 3. The summed E-state index contributed by atoms with van der Waals surface area (Å²) in [6, 6.07) is 13.9. The van der Waals surface area contributed by atoms with E-state index < -0.39 is 6.61 Å². The molecule has 1 amide bonds. The molecule has 0 heterocycles. The lowest BCUT2D eigenvalue weighted by molar-refractivity contribution is -0.113. The highest BCUT2D eigenvalue weighted by Gasteiger charge is 2.11. The summed E-state index contributed by atoms with van der Waals surface area (Å²) in [7, 11) is 0. The second-order valence-corrected chi connectivity index (χ2v) is 5.57. The maximum Gasteiger partial charge on any atom is 0.387 e. The summed E-state index contributed by atoms with van der Waals surface area (Å²) in [5.41, 5.74) is 1.38. The maximum atomic E-state index is 12.3. The first-order valence-corrected chi connectivity index (χ1v) is 7.56. The van der Waals surface area contributed by atoms with E-state index in [1.807, 2.05) is 31.2 Å². The molecule has 2 rings (SSSR count). The second-order valence-electron chi connectivity index (χ2n) is 4.52. The zero-order chi connectivity index (χ0) is 15.9. The number of thioether (sulfide) groups is 1. The lowest BCUT2D eigenvalue weighted by atomic mass is 10.2. The van der Waals surface area contributed by atoms with Gasteiger partial charge in [-0.1, -0.05) is 29.8 Å². The fraction of sp³-hybridized carbons (Fsp3) is 0.188. The van der Waals surface area contributed by atoms with Crippen LogP contribution in [-0.2, 0) is 4.79 Å². The van der Waals surface area contributed by atoms with Crippen LogP contribution in [0, 0.1) is 6.92 Å². The van der Waals surface area contributed by atoms with E-state index in [0.717, 1.165) is 10.5 Å². The van der Waals surface area contributed by atoms with Crippen molar-refractivity contribution >= 4 is 23.4 Å². The van der Waals surface area contributed by atoms with Crippen molar-refractivity contribution in [3.8, 4) is 5.75 Å². The Hall–Kier alpha value is -2.08. The molecule has 3 nitrogen and oxygen atoms in total. The number of halogens is 2. The van der Waals surface area contributed by atoms with Crippen molar-refractivity contribution in [3.63, 3.8) is 0 Å². The van der Waals surface area contributed by atoms with Crippen LogP contribution in [0.2, 0.25) is 0 Å². The van der Waals surface area contributed by atoms with Crippen LogP contribution >= 0.6 is 11.8 Å². The molecule has 0 aliphatic carbocycles. The number of nitrogens with one attached hydrogen (secondary N) is 1. The van der Waals surface area contributed by atoms with Gasteiger partial charge in [0.1, 0.15) is 5.75 Å². The molecular weight excluding hydrogens is 308 g/mol. The molecule has 0 bridgehead atoms. The number of hydrogen-bond donors (Lipinski definition) is 1. The van der Waals surface area contributed by atoms with Crippen molar-refractivity contribution in [2.45, 2.75) is 18.4 Å². The molecule has 0 saturated carbocycles. The predicted octanol–water partition coefficient (Wildman–Crippen LogP) is 4.33. The van der Waals surface area contributed by atoms with Gasteiger partial charge < -0.3 is 10.1 Å². The highest BCUT2D eigenvalue weighted by molar-refractivity contribution is 8.00. The van der Waals surface area contributed by atoms with Crippen LogP contribution in [0.5, 0.6) is 5.75 Å². The molecule has 1 N–H and O–H groups in total. The van der Waals surface area contributed by atoms with Gasteiger partial charge in [-0.2, -0.15) is 8.78 Å². The van der Waals surface area contributed by atoms with Crippen molar-refractivity contribution < 1.29 is 18.3 Å². The molecule has 0 atom stereocenters. The van der Waals surface area contributed by atoms with Crippen LogP contribution in [0.4, 0.5) is 14.5 Å². The fourth-order valence-electron chi connectivity index (χ4n) is 1.74. The third-order valence-corrected chi connectivity index (χ3v) is 3.78. The normalized spacial score (nSPS) is 10.5. The average Bonchev–Trinajstić information content (AvgIpc) is 2.48. The highest BCUT2D eigenvalue weighted by atomic mass is 32.2. The number of ether oxygens (including phenoxy) is 1. The van der Waals surface area contributed by atoms with Crippen LogP contribution < -0.4 is 10.1 Å². The van der Waals surface area contributed by atoms with E-state index in [0.29, 0.717) is 0 Å². The molecule has 0 radical (unpaired) electrons. The van der Waals surface area contributed by atoms with Gasteiger partial charge in [-0.05, 0) is 31.2 Å². The fourth-order valence-corrected chi connectivity index (χ4v) is 2.44. The number of carbonyl (C=O) groups is 1. The predicted molar refractivity (Wildman–Crippen MR) is 83.6 cm³/mol. The van der Waals surface area contributed by atoms with Gasteiger partial charge in [0.2, 0.25) is 5.91 Å². The van der Waals surface area contributed by atoms with E-state index in [4.69, 9.17) is 0 Å². The Morgan fingerprint density at radius 3 is 2.55 bits per heavy atom. The lowest BCUT2D eigenvalue weighted by Crippen LogP contribution is -2.15. The smallest absolute Gasteiger partial charge is 0.387 e. The topological polar surface area (TPSA) is 38.3 Å².